The Balaban J connectivity index is 2.33. The van der Waals surface area contributed by atoms with Gasteiger partial charge in [0.1, 0.15) is 5.60 Å². The highest BCUT2D eigenvalue weighted by atomic mass is 35.5. The Kier molecular flexibility index (Phi) is 7.27. The molecule has 5 nitrogen and oxygen atoms in total. The van der Waals surface area contributed by atoms with Crippen molar-refractivity contribution in [3.8, 4) is 0 Å². The van der Waals surface area contributed by atoms with Gasteiger partial charge in [-0.1, -0.05) is 29.3 Å². The molecule has 0 N–H and O–H groups in total. The van der Waals surface area contributed by atoms with Gasteiger partial charge in [0, 0.05) is 39.0 Å². The van der Waals surface area contributed by atoms with Crippen molar-refractivity contribution in [2.75, 3.05) is 26.7 Å². The molecule has 156 valence electrons. The maximum atomic E-state index is 12.7. The van der Waals surface area contributed by atoms with Crippen molar-refractivity contribution in [3.63, 3.8) is 0 Å². The van der Waals surface area contributed by atoms with Crippen LogP contribution in [-0.2, 0) is 14.9 Å². The fourth-order valence-electron chi connectivity index (χ4n) is 3.56. The van der Waals surface area contributed by atoms with Crippen LogP contribution >= 0.6 is 23.2 Å². The second-order valence-electron chi connectivity index (χ2n) is 8.61. The van der Waals surface area contributed by atoms with Gasteiger partial charge in [0.15, 0.2) is 0 Å². The highest BCUT2D eigenvalue weighted by molar-refractivity contribution is 6.42. The number of likely N-dealkylation sites (tertiary alicyclic amines) is 1. The van der Waals surface area contributed by atoms with Crippen molar-refractivity contribution < 1.29 is 14.3 Å². The monoisotopic (exact) mass is 428 g/mol. The van der Waals surface area contributed by atoms with Crippen molar-refractivity contribution in [1.82, 2.24) is 9.80 Å². The molecule has 2 rings (SSSR count). The molecule has 28 heavy (non-hydrogen) atoms. The van der Waals surface area contributed by atoms with E-state index in [1.54, 1.807) is 29.8 Å². The third-order valence-electron chi connectivity index (χ3n) is 5.22. The molecule has 1 unspecified atom stereocenters. The summed E-state index contributed by atoms with van der Waals surface area (Å²) in [7, 11) is 1.79. The van der Waals surface area contributed by atoms with Gasteiger partial charge in [-0.05, 0) is 57.7 Å². The molecule has 1 aliphatic heterocycles. The van der Waals surface area contributed by atoms with Crippen molar-refractivity contribution in [1.29, 1.82) is 0 Å². The number of hydrogen-bond donors (Lipinski definition) is 0. The number of carbonyl (C=O) groups is 2. The number of carbonyl (C=O) groups excluding carboxylic acids is 2. The summed E-state index contributed by atoms with van der Waals surface area (Å²) in [5, 5.41) is 0.995. The average molecular weight is 429 g/mol. The summed E-state index contributed by atoms with van der Waals surface area (Å²) in [6.07, 6.45) is 2.16. The van der Waals surface area contributed by atoms with Crippen LogP contribution in [0.3, 0.4) is 0 Å². The van der Waals surface area contributed by atoms with Crippen LogP contribution in [0.1, 0.15) is 52.5 Å². The molecule has 0 radical (unpaired) electrons. The number of hydrogen-bond acceptors (Lipinski definition) is 3. The molecule has 1 fully saturated rings. The number of amides is 2. The van der Waals surface area contributed by atoms with Gasteiger partial charge >= 0.3 is 6.09 Å². The average Bonchev–Trinajstić information content (AvgIpc) is 2.60. The predicted molar refractivity (Wildman–Crippen MR) is 113 cm³/mol. The first kappa shape index (κ1) is 22.8. The molecule has 1 saturated heterocycles. The quantitative estimate of drug-likeness (QED) is 0.667. The highest BCUT2D eigenvalue weighted by Crippen LogP contribution is 2.40. The Hall–Kier alpha value is -1.46. The van der Waals surface area contributed by atoms with Crippen LogP contribution in [0.2, 0.25) is 10.0 Å². The number of halogens is 2. The normalized spacial score (nSPS) is 20.0. The largest absolute Gasteiger partial charge is 0.444 e. The number of piperidine rings is 1. The standard InChI is InChI=1S/C21H30Cl2N2O3/c1-15(26)24(5)12-10-21(16-7-8-17(22)18(23)13-16)9-6-11-25(14-21)19(27)28-20(2,3)4/h7-8,13H,6,9-12,14H2,1-5H3. The van der Waals surface area contributed by atoms with E-state index < -0.39 is 5.60 Å². The summed E-state index contributed by atoms with van der Waals surface area (Å²) in [6.45, 7) is 8.91. The van der Waals surface area contributed by atoms with E-state index in [2.05, 4.69) is 0 Å². The minimum atomic E-state index is -0.546. The number of rotatable bonds is 4. The third-order valence-corrected chi connectivity index (χ3v) is 5.96. The molecule has 1 aromatic rings. The van der Waals surface area contributed by atoms with E-state index in [-0.39, 0.29) is 17.4 Å². The number of ether oxygens (including phenoxy) is 1. The topological polar surface area (TPSA) is 49.9 Å². The summed E-state index contributed by atoms with van der Waals surface area (Å²) in [5.74, 6) is 0.0177. The summed E-state index contributed by atoms with van der Waals surface area (Å²) in [4.78, 5) is 27.8. The number of benzene rings is 1. The van der Waals surface area contributed by atoms with Crippen LogP contribution in [0.4, 0.5) is 4.79 Å². The van der Waals surface area contributed by atoms with Gasteiger partial charge < -0.3 is 14.5 Å². The number of nitrogens with zero attached hydrogens (tertiary/aromatic N) is 2. The third kappa shape index (κ3) is 5.77. The summed E-state index contributed by atoms with van der Waals surface area (Å²) in [5.41, 5.74) is 0.176. The minimum Gasteiger partial charge on any atom is -0.444 e. The Morgan fingerprint density at radius 1 is 1.25 bits per heavy atom. The first-order chi connectivity index (χ1) is 12.9. The maximum absolute atomic E-state index is 12.7. The van der Waals surface area contributed by atoms with Gasteiger partial charge in [0.2, 0.25) is 5.91 Å². The SMILES string of the molecule is CC(=O)N(C)CCC1(c2ccc(Cl)c(Cl)c2)CCCN(C(=O)OC(C)(C)C)C1. The molecular formula is C21H30Cl2N2O3. The Morgan fingerprint density at radius 3 is 2.50 bits per heavy atom. The molecule has 0 spiro atoms. The van der Waals surface area contributed by atoms with Crippen LogP contribution in [0.25, 0.3) is 0 Å². The molecule has 0 aliphatic carbocycles. The molecule has 7 heteroatoms. The molecule has 0 saturated carbocycles. The maximum Gasteiger partial charge on any atom is 0.410 e. The second kappa shape index (κ2) is 8.91. The second-order valence-corrected chi connectivity index (χ2v) is 9.42. The van der Waals surface area contributed by atoms with Crippen LogP contribution in [0.15, 0.2) is 18.2 Å². The van der Waals surface area contributed by atoms with Crippen LogP contribution in [0.5, 0.6) is 0 Å². The summed E-state index contributed by atoms with van der Waals surface area (Å²) < 4.78 is 5.59. The van der Waals surface area contributed by atoms with Crippen molar-refractivity contribution in [2.24, 2.45) is 0 Å². The van der Waals surface area contributed by atoms with Crippen LogP contribution < -0.4 is 0 Å². The Bertz CT molecular complexity index is 733. The van der Waals surface area contributed by atoms with Gasteiger partial charge in [0.05, 0.1) is 10.0 Å². The minimum absolute atomic E-state index is 0.0177. The lowest BCUT2D eigenvalue weighted by molar-refractivity contribution is -0.127. The predicted octanol–water partition coefficient (Wildman–Crippen LogP) is 5.13. The fourth-order valence-corrected chi connectivity index (χ4v) is 3.86. The molecular weight excluding hydrogens is 399 g/mol. The molecule has 1 aromatic carbocycles. The zero-order chi connectivity index (χ0) is 21.1. The van der Waals surface area contributed by atoms with Gasteiger partial charge in [-0.3, -0.25) is 4.79 Å². The van der Waals surface area contributed by atoms with E-state index in [4.69, 9.17) is 27.9 Å². The zero-order valence-corrected chi connectivity index (χ0v) is 18.9. The fraction of sp³-hybridized carbons (Fsp3) is 0.619. The van der Waals surface area contributed by atoms with Crippen molar-refractivity contribution in [2.45, 2.75) is 58.0 Å². The molecule has 2 amide bonds. The van der Waals surface area contributed by atoms with Gasteiger partial charge in [-0.15, -0.1) is 0 Å². The van der Waals surface area contributed by atoms with E-state index in [9.17, 15) is 9.59 Å². The molecule has 0 aromatic heterocycles. The molecule has 1 heterocycles. The molecule has 1 atom stereocenters. The van der Waals surface area contributed by atoms with E-state index in [0.717, 1.165) is 24.8 Å². The summed E-state index contributed by atoms with van der Waals surface area (Å²) >= 11 is 12.4. The van der Waals surface area contributed by atoms with E-state index in [1.807, 2.05) is 32.9 Å². The Labute approximate surface area is 177 Å². The Morgan fingerprint density at radius 2 is 1.93 bits per heavy atom. The highest BCUT2D eigenvalue weighted by Gasteiger charge is 2.40. The first-order valence-corrected chi connectivity index (χ1v) is 10.3. The smallest absolute Gasteiger partial charge is 0.410 e. The van der Waals surface area contributed by atoms with E-state index in [0.29, 0.717) is 29.7 Å². The van der Waals surface area contributed by atoms with E-state index >= 15 is 0 Å². The van der Waals surface area contributed by atoms with Crippen LogP contribution in [-0.4, -0.2) is 54.1 Å². The summed E-state index contributed by atoms with van der Waals surface area (Å²) in [6, 6.07) is 5.65. The zero-order valence-electron chi connectivity index (χ0n) is 17.3. The van der Waals surface area contributed by atoms with Crippen molar-refractivity contribution in [3.05, 3.63) is 33.8 Å². The van der Waals surface area contributed by atoms with E-state index in [1.165, 1.54) is 0 Å². The molecule has 1 aliphatic rings. The molecule has 0 bridgehead atoms. The lowest BCUT2D eigenvalue weighted by Gasteiger charge is -2.44. The van der Waals surface area contributed by atoms with Gasteiger partial charge in [0.25, 0.3) is 0 Å². The van der Waals surface area contributed by atoms with Crippen molar-refractivity contribution >= 4 is 35.2 Å². The van der Waals surface area contributed by atoms with Gasteiger partial charge in [-0.2, -0.15) is 0 Å². The first-order valence-electron chi connectivity index (χ1n) is 9.59. The van der Waals surface area contributed by atoms with Gasteiger partial charge in [-0.25, -0.2) is 4.79 Å². The van der Waals surface area contributed by atoms with Crippen LogP contribution in [0, 0.1) is 0 Å². The lowest BCUT2D eigenvalue weighted by Crippen LogP contribution is -2.51. The lowest BCUT2D eigenvalue weighted by atomic mass is 9.71.